The third kappa shape index (κ3) is 2.52. The molecular weight excluding hydrogens is 256 g/mol. The second-order valence-corrected chi connectivity index (χ2v) is 4.88. The van der Waals surface area contributed by atoms with Crippen molar-refractivity contribution in [2.75, 3.05) is 6.54 Å². The van der Waals surface area contributed by atoms with E-state index in [0.717, 1.165) is 29.0 Å². The highest BCUT2D eigenvalue weighted by atomic mass is 16.6. The van der Waals surface area contributed by atoms with E-state index in [0.29, 0.717) is 19.7 Å². The summed E-state index contributed by atoms with van der Waals surface area (Å²) in [4.78, 5) is 13.7. The van der Waals surface area contributed by atoms with Gasteiger partial charge in [-0.25, -0.2) is 4.79 Å². The van der Waals surface area contributed by atoms with E-state index in [1.165, 1.54) is 0 Å². The molecule has 104 valence electrons. The van der Waals surface area contributed by atoms with Crippen LogP contribution in [0.3, 0.4) is 0 Å². The van der Waals surface area contributed by atoms with Gasteiger partial charge in [0.25, 0.3) is 0 Å². The van der Waals surface area contributed by atoms with Gasteiger partial charge in [-0.05, 0) is 18.9 Å². The molecule has 0 spiro atoms. The van der Waals surface area contributed by atoms with Crippen LogP contribution in [0, 0.1) is 6.92 Å². The number of amides is 1. The number of nitrogens with zero attached hydrogens (tertiary/aromatic N) is 2. The molecule has 0 N–H and O–H groups in total. The smallest absolute Gasteiger partial charge is 0.410 e. The Hall–Kier alpha value is -2.30. The third-order valence-electron chi connectivity index (χ3n) is 3.50. The molecule has 0 bridgehead atoms. The molecular formula is C15H16N2O3. The van der Waals surface area contributed by atoms with Crippen LogP contribution < -0.4 is 0 Å². The second-order valence-electron chi connectivity index (χ2n) is 4.88. The van der Waals surface area contributed by atoms with Crippen LogP contribution in [0.4, 0.5) is 4.79 Å². The van der Waals surface area contributed by atoms with Gasteiger partial charge in [0.05, 0.1) is 12.2 Å². The van der Waals surface area contributed by atoms with E-state index in [9.17, 15) is 4.79 Å². The van der Waals surface area contributed by atoms with E-state index in [-0.39, 0.29) is 6.09 Å². The van der Waals surface area contributed by atoms with Gasteiger partial charge in [0.15, 0.2) is 5.76 Å². The Labute approximate surface area is 117 Å². The van der Waals surface area contributed by atoms with Crippen molar-refractivity contribution in [3.63, 3.8) is 0 Å². The van der Waals surface area contributed by atoms with E-state index < -0.39 is 0 Å². The van der Waals surface area contributed by atoms with Crippen molar-refractivity contribution >= 4 is 6.09 Å². The molecule has 0 atom stereocenters. The van der Waals surface area contributed by atoms with Crippen LogP contribution in [-0.4, -0.2) is 22.7 Å². The van der Waals surface area contributed by atoms with Gasteiger partial charge in [0.1, 0.15) is 6.61 Å². The number of aromatic nitrogens is 1. The van der Waals surface area contributed by atoms with Crippen LogP contribution in [0.1, 0.15) is 22.6 Å². The predicted molar refractivity (Wildman–Crippen MR) is 72.0 cm³/mol. The molecule has 1 aliphatic heterocycles. The molecule has 0 unspecified atom stereocenters. The summed E-state index contributed by atoms with van der Waals surface area (Å²) in [5, 5.41) is 3.93. The fourth-order valence-electron chi connectivity index (χ4n) is 2.35. The first kappa shape index (κ1) is 12.7. The summed E-state index contributed by atoms with van der Waals surface area (Å²) in [6.45, 7) is 3.29. The number of fused-ring (bicyclic) bond motifs is 1. The summed E-state index contributed by atoms with van der Waals surface area (Å²) in [6, 6.07) is 9.65. The average molecular weight is 272 g/mol. The van der Waals surface area contributed by atoms with Gasteiger partial charge in [-0.3, -0.25) is 0 Å². The molecule has 20 heavy (non-hydrogen) atoms. The molecule has 5 heteroatoms. The van der Waals surface area contributed by atoms with Gasteiger partial charge in [0, 0.05) is 12.1 Å². The number of benzene rings is 1. The van der Waals surface area contributed by atoms with Crippen molar-refractivity contribution < 1.29 is 14.1 Å². The molecule has 1 aliphatic rings. The van der Waals surface area contributed by atoms with E-state index in [1.807, 2.05) is 37.3 Å². The Bertz CT molecular complexity index is 607. The van der Waals surface area contributed by atoms with E-state index >= 15 is 0 Å². The summed E-state index contributed by atoms with van der Waals surface area (Å²) in [6.07, 6.45) is 0.457. The molecule has 1 aromatic heterocycles. The van der Waals surface area contributed by atoms with Crippen LogP contribution in [-0.2, 0) is 24.3 Å². The molecule has 0 radical (unpaired) electrons. The van der Waals surface area contributed by atoms with Crippen LogP contribution in [0.25, 0.3) is 0 Å². The second kappa shape index (κ2) is 5.36. The number of hydrogen-bond donors (Lipinski definition) is 0. The Kier molecular flexibility index (Phi) is 3.41. The summed E-state index contributed by atoms with van der Waals surface area (Å²) in [5.41, 5.74) is 3.02. The van der Waals surface area contributed by atoms with E-state index in [4.69, 9.17) is 9.26 Å². The van der Waals surface area contributed by atoms with E-state index in [1.54, 1.807) is 4.90 Å². The molecule has 0 saturated carbocycles. The zero-order chi connectivity index (χ0) is 13.9. The zero-order valence-electron chi connectivity index (χ0n) is 11.3. The maximum atomic E-state index is 12.0. The van der Waals surface area contributed by atoms with Crippen molar-refractivity contribution in [1.29, 1.82) is 0 Å². The van der Waals surface area contributed by atoms with Crippen molar-refractivity contribution in [1.82, 2.24) is 10.1 Å². The van der Waals surface area contributed by atoms with Gasteiger partial charge >= 0.3 is 6.09 Å². The minimum absolute atomic E-state index is 0.290. The number of carbonyl (C=O) groups excluding carboxylic acids is 1. The first-order chi connectivity index (χ1) is 9.74. The molecule has 0 saturated heterocycles. The minimum atomic E-state index is -0.312. The fraction of sp³-hybridized carbons (Fsp3) is 0.333. The summed E-state index contributed by atoms with van der Waals surface area (Å²) in [5.74, 6) is 0.769. The molecule has 0 fully saturated rings. The lowest BCUT2D eigenvalue weighted by atomic mass is 10.1. The van der Waals surface area contributed by atoms with Crippen LogP contribution in [0.15, 0.2) is 34.9 Å². The van der Waals surface area contributed by atoms with E-state index in [2.05, 4.69) is 5.16 Å². The first-order valence-corrected chi connectivity index (χ1v) is 6.63. The van der Waals surface area contributed by atoms with Crippen LogP contribution in [0.5, 0.6) is 0 Å². The highest BCUT2D eigenvalue weighted by molar-refractivity contribution is 5.68. The predicted octanol–water partition coefficient (Wildman–Crippen LogP) is 2.68. The third-order valence-corrected chi connectivity index (χ3v) is 3.50. The average Bonchev–Trinajstić information content (AvgIpc) is 2.87. The van der Waals surface area contributed by atoms with Crippen molar-refractivity contribution in [2.45, 2.75) is 26.5 Å². The van der Waals surface area contributed by atoms with Gasteiger partial charge in [0.2, 0.25) is 0 Å². The van der Waals surface area contributed by atoms with Crippen molar-refractivity contribution in [2.24, 2.45) is 0 Å². The highest BCUT2D eigenvalue weighted by Crippen LogP contribution is 2.22. The zero-order valence-corrected chi connectivity index (χ0v) is 11.3. The highest BCUT2D eigenvalue weighted by Gasteiger charge is 2.26. The number of hydrogen-bond acceptors (Lipinski definition) is 4. The lowest BCUT2D eigenvalue weighted by Gasteiger charge is -2.24. The van der Waals surface area contributed by atoms with Crippen molar-refractivity contribution in [3.05, 3.63) is 52.9 Å². The first-order valence-electron chi connectivity index (χ1n) is 6.63. The van der Waals surface area contributed by atoms with Gasteiger partial charge in [-0.15, -0.1) is 0 Å². The standard InChI is InChI=1S/C15H16N2O3/c1-11-13-7-8-17(9-14(13)20-16-11)15(18)19-10-12-5-3-2-4-6-12/h2-6H,7-10H2,1H3. The lowest BCUT2D eigenvalue weighted by Crippen LogP contribution is -2.36. The topological polar surface area (TPSA) is 55.6 Å². The monoisotopic (exact) mass is 272 g/mol. The molecule has 1 amide bonds. The normalized spacial score (nSPS) is 13.9. The molecule has 5 nitrogen and oxygen atoms in total. The fourth-order valence-corrected chi connectivity index (χ4v) is 2.35. The maximum absolute atomic E-state index is 12.0. The molecule has 0 aliphatic carbocycles. The number of aryl methyl sites for hydroxylation is 1. The van der Waals surface area contributed by atoms with Crippen LogP contribution >= 0.6 is 0 Å². The molecule has 2 aromatic rings. The Balaban J connectivity index is 1.59. The SMILES string of the molecule is Cc1noc2c1CCN(C(=O)OCc1ccccc1)C2. The number of rotatable bonds is 2. The summed E-state index contributed by atoms with van der Waals surface area (Å²) < 4.78 is 10.5. The quantitative estimate of drug-likeness (QED) is 0.843. The number of carbonyl (C=O) groups is 1. The van der Waals surface area contributed by atoms with Gasteiger partial charge < -0.3 is 14.2 Å². The van der Waals surface area contributed by atoms with Gasteiger partial charge in [-0.1, -0.05) is 35.5 Å². The number of ether oxygens (including phenoxy) is 1. The Morgan fingerprint density at radius 3 is 3.00 bits per heavy atom. The maximum Gasteiger partial charge on any atom is 0.410 e. The molecule has 1 aromatic carbocycles. The molecule has 3 rings (SSSR count). The minimum Gasteiger partial charge on any atom is -0.445 e. The lowest BCUT2D eigenvalue weighted by molar-refractivity contribution is 0.0878. The van der Waals surface area contributed by atoms with Gasteiger partial charge in [-0.2, -0.15) is 0 Å². The van der Waals surface area contributed by atoms with Crippen molar-refractivity contribution in [3.8, 4) is 0 Å². The summed E-state index contributed by atoms with van der Waals surface area (Å²) >= 11 is 0. The van der Waals surface area contributed by atoms with Crippen LogP contribution in [0.2, 0.25) is 0 Å². The largest absolute Gasteiger partial charge is 0.445 e. The Morgan fingerprint density at radius 2 is 2.20 bits per heavy atom. The summed E-state index contributed by atoms with van der Waals surface area (Å²) in [7, 11) is 0. The molecule has 2 heterocycles. The Morgan fingerprint density at radius 1 is 1.40 bits per heavy atom.